The zero-order chi connectivity index (χ0) is 13.1. The van der Waals surface area contributed by atoms with Crippen molar-refractivity contribution in [1.29, 1.82) is 0 Å². The van der Waals surface area contributed by atoms with E-state index in [0.717, 1.165) is 12.8 Å². The first-order valence-corrected chi connectivity index (χ1v) is 6.34. The first-order valence-electron chi connectivity index (χ1n) is 6.34. The van der Waals surface area contributed by atoms with Crippen LogP contribution in [0.1, 0.15) is 25.7 Å². The van der Waals surface area contributed by atoms with E-state index in [4.69, 9.17) is 5.84 Å². The summed E-state index contributed by atoms with van der Waals surface area (Å²) in [6.45, 7) is 0. The molecule has 0 aliphatic heterocycles. The van der Waals surface area contributed by atoms with Crippen molar-refractivity contribution >= 4 is 11.9 Å². The highest BCUT2D eigenvalue weighted by atomic mass is 15.4. The Morgan fingerprint density at radius 3 is 2.63 bits per heavy atom. The van der Waals surface area contributed by atoms with Crippen molar-refractivity contribution in [2.45, 2.75) is 31.7 Å². The standard InChI is InChI=1S/C11H16N8/c12-18-10-15-9(14-8-4-1-2-5-8)16-11(17-10)19-7-3-6-13-19/h3,6-8H,1-2,4-5,12H2,(H2,14,15,16,17,18). The van der Waals surface area contributed by atoms with Crippen molar-refractivity contribution in [1.82, 2.24) is 24.7 Å². The summed E-state index contributed by atoms with van der Waals surface area (Å²) in [7, 11) is 0. The van der Waals surface area contributed by atoms with E-state index >= 15 is 0 Å². The van der Waals surface area contributed by atoms with Crippen molar-refractivity contribution in [2.24, 2.45) is 5.84 Å². The lowest BCUT2D eigenvalue weighted by Crippen LogP contribution is -2.20. The molecular weight excluding hydrogens is 244 g/mol. The molecule has 0 radical (unpaired) electrons. The monoisotopic (exact) mass is 260 g/mol. The second-order valence-electron chi connectivity index (χ2n) is 4.50. The fraction of sp³-hybridized carbons (Fsp3) is 0.455. The smallest absolute Gasteiger partial charge is 0.257 e. The minimum atomic E-state index is 0.320. The van der Waals surface area contributed by atoms with Crippen LogP contribution in [-0.2, 0) is 0 Å². The third-order valence-corrected chi connectivity index (χ3v) is 3.15. The van der Waals surface area contributed by atoms with Crippen LogP contribution in [0.4, 0.5) is 11.9 Å². The molecule has 100 valence electrons. The van der Waals surface area contributed by atoms with Crippen LogP contribution in [0.5, 0.6) is 0 Å². The van der Waals surface area contributed by atoms with Gasteiger partial charge in [0.1, 0.15) is 0 Å². The molecule has 3 rings (SSSR count). The van der Waals surface area contributed by atoms with E-state index in [1.54, 1.807) is 17.1 Å². The minimum Gasteiger partial charge on any atom is -0.351 e. The topological polar surface area (TPSA) is 107 Å². The van der Waals surface area contributed by atoms with Crippen molar-refractivity contribution in [3.63, 3.8) is 0 Å². The lowest BCUT2D eigenvalue weighted by molar-refractivity contribution is 0.733. The number of nitrogens with zero attached hydrogens (tertiary/aromatic N) is 5. The van der Waals surface area contributed by atoms with Crippen LogP contribution in [0, 0.1) is 0 Å². The van der Waals surface area contributed by atoms with Crippen LogP contribution >= 0.6 is 0 Å². The van der Waals surface area contributed by atoms with E-state index < -0.39 is 0 Å². The second-order valence-corrected chi connectivity index (χ2v) is 4.50. The summed E-state index contributed by atoms with van der Waals surface area (Å²) < 4.78 is 1.57. The predicted octanol–water partition coefficient (Wildman–Crippen LogP) is 0.697. The van der Waals surface area contributed by atoms with Crippen molar-refractivity contribution < 1.29 is 0 Å². The summed E-state index contributed by atoms with van der Waals surface area (Å²) in [6.07, 6.45) is 8.23. The Kier molecular flexibility index (Phi) is 3.23. The molecule has 4 N–H and O–H groups in total. The highest BCUT2D eigenvalue weighted by Crippen LogP contribution is 2.21. The summed E-state index contributed by atoms with van der Waals surface area (Å²) in [6, 6.07) is 2.24. The summed E-state index contributed by atoms with van der Waals surface area (Å²) in [5, 5.41) is 7.42. The SMILES string of the molecule is NNc1nc(NC2CCCC2)nc(-n2cccn2)n1. The zero-order valence-corrected chi connectivity index (χ0v) is 10.5. The van der Waals surface area contributed by atoms with Crippen LogP contribution in [-0.4, -0.2) is 30.8 Å². The van der Waals surface area contributed by atoms with Crippen LogP contribution in [0.25, 0.3) is 5.95 Å². The molecule has 1 fully saturated rings. The highest BCUT2D eigenvalue weighted by molar-refractivity contribution is 5.37. The molecular formula is C11H16N8. The molecule has 0 atom stereocenters. The fourth-order valence-corrected chi connectivity index (χ4v) is 2.24. The third-order valence-electron chi connectivity index (χ3n) is 3.15. The maximum atomic E-state index is 5.39. The highest BCUT2D eigenvalue weighted by Gasteiger charge is 2.17. The lowest BCUT2D eigenvalue weighted by Gasteiger charge is -2.13. The fourth-order valence-electron chi connectivity index (χ4n) is 2.24. The molecule has 19 heavy (non-hydrogen) atoms. The Morgan fingerprint density at radius 2 is 1.95 bits per heavy atom. The first kappa shape index (κ1) is 11.8. The van der Waals surface area contributed by atoms with E-state index in [0.29, 0.717) is 23.9 Å². The lowest BCUT2D eigenvalue weighted by atomic mass is 10.3. The van der Waals surface area contributed by atoms with Crippen molar-refractivity contribution in [3.8, 4) is 5.95 Å². The van der Waals surface area contributed by atoms with Crippen LogP contribution in [0.2, 0.25) is 0 Å². The molecule has 2 heterocycles. The molecule has 8 nitrogen and oxygen atoms in total. The molecule has 0 spiro atoms. The van der Waals surface area contributed by atoms with Crippen LogP contribution in [0.15, 0.2) is 18.5 Å². The predicted molar refractivity (Wildman–Crippen MR) is 70.6 cm³/mol. The molecule has 0 bridgehead atoms. The van der Waals surface area contributed by atoms with Gasteiger partial charge < -0.3 is 5.32 Å². The van der Waals surface area contributed by atoms with Gasteiger partial charge in [-0.1, -0.05) is 12.8 Å². The van der Waals surface area contributed by atoms with Gasteiger partial charge in [0.05, 0.1) is 0 Å². The van der Waals surface area contributed by atoms with Gasteiger partial charge in [-0.25, -0.2) is 10.5 Å². The number of hydrogen-bond acceptors (Lipinski definition) is 7. The Hall–Kier alpha value is -2.22. The van der Waals surface area contributed by atoms with Crippen LogP contribution in [0.3, 0.4) is 0 Å². The largest absolute Gasteiger partial charge is 0.351 e. The average Bonchev–Trinajstić information content (AvgIpc) is 3.11. The summed E-state index contributed by atoms with van der Waals surface area (Å²) in [4.78, 5) is 12.7. The van der Waals surface area contributed by atoms with E-state index in [-0.39, 0.29) is 0 Å². The van der Waals surface area contributed by atoms with Gasteiger partial charge in [-0.3, -0.25) is 5.43 Å². The number of nitrogens with two attached hydrogens (primary N) is 1. The van der Waals surface area contributed by atoms with Gasteiger partial charge in [0, 0.05) is 18.4 Å². The first-order chi connectivity index (χ1) is 9.35. The third kappa shape index (κ3) is 2.63. The number of nitrogens with one attached hydrogen (secondary N) is 2. The quantitative estimate of drug-likeness (QED) is 0.548. The van der Waals surface area contributed by atoms with Crippen molar-refractivity contribution in [2.75, 3.05) is 10.7 Å². The molecule has 0 unspecified atom stereocenters. The van der Waals surface area contributed by atoms with Gasteiger partial charge in [0.2, 0.25) is 11.9 Å². The number of rotatable bonds is 4. The Morgan fingerprint density at radius 1 is 1.16 bits per heavy atom. The number of aromatic nitrogens is 5. The molecule has 0 saturated heterocycles. The second kappa shape index (κ2) is 5.19. The number of hydrogen-bond donors (Lipinski definition) is 3. The summed E-state index contributed by atoms with van der Waals surface area (Å²) in [5.74, 6) is 6.68. The maximum Gasteiger partial charge on any atom is 0.257 e. The van der Waals surface area contributed by atoms with E-state index in [1.807, 2.05) is 6.07 Å². The van der Waals surface area contributed by atoms with Gasteiger partial charge in [0.15, 0.2) is 0 Å². The minimum absolute atomic E-state index is 0.320. The van der Waals surface area contributed by atoms with Gasteiger partial charge in [0.25, 0.3) is 5.95 Å². The Bertz CT molecular complexity index is 532. The van der Waals surface area contributed by atoms with Gasteiger partial charge in [-0.2, -0.15) is 20.1 Å². The normalized spacial score (nSPS) is 15.6. The molecule has 1 saturated carbocycles. The summed E-state index contributed by atoms with van der Waals surface area (Å²) >= 11 is 0. The zero-order valence-electron chi connectivity index (χ0n) is 10.5. The number of hydrazine groups is 1. The Balaban J connectivity index is 1.88. The van der Waals surface area contributed by atoms with E-state index in [9.17, 15) is 0 Å². The molecule has 0 aromatic carbocycles. The number of nitrogen functional groups attached to an aromatic ring is 1. The number of anilines is 2. The maximum absolute atomic E-state index is 5.39. The van der Waals surface area contributed by atoms with Crippen LogP contribution < -0.4 is 16.6 Å². The Labute approximate surface area is 110 Å². The van der Waals surface area contributed by atoms with Crippen molar-refractivity contribution in [3.05, 3.63) is 18.5 Å². The van der Waals surface area contributed by atoms with Gasteiger partial charge >= 0.3 is 0 Å². The molecule has 2 aromatic rings. The molecule has 1 aliphatic carbocycles. The summed E-state index contributed by atoms with van der Waals surface area (Å²) in [5.41, 5.74) is 2.45. The van der Waals surface area contributed by atoms with E-state index in [2.05, 4.69) is 30.8 Å². The van der Waals surface area contributed by atoms with E-state index in [1.165, 1.54) is 12.8 Å². The molecule has 8 heteroatoms. The molecule has 0 amide bonds. The molecule has 2 aromatic heterocycles. The average molecular weight is 260 g/mol. The van der Waals surface area contributed by atoms with Gasteiger partial charge in [-0.15, -0.1) is 0 Å². The molecule has 1 aliphatic rings. The van der Waals surface area contributed by atoms with Gasteiger partial charge in [-0.05, 0) is 18.9 Å².